The van der Waals surface area contributed by atoms with Gasteiger partial charge in [-0.2, -0.15) is 0 Å². The molecule has 1 aromatic carbocycles. The summed E-state index contributed by atoms with van der Waals surface area (Å²) in [6.07, 6.45) is 7.55. The molecular weight excluding hydrogens is 366 g/mol. The second-order valence-electron chi connectivity index (χ2n) is 8.58. The predicted octanol–water partition coefficient (Wildman–Crippen LogP) is 3.68. The Morgan fingerprint density at radius 3 is 2.21 bits per heavy atom. The van der Waals surface area contributed by atoms with Gasteiger partial charge in [-0.1, -0.05) is 26.2 Å². The van der Waals surface area contributed by atoms with Gasteiger partial charge in [0.15, 0.2) is 0 Å². The standard InChI is InChI=1S/C23H33N3O3/c1-17-8-7-9-18(2)26(16-17)23(29)21(27)24-20-12-10-19(11-13-20)22(28)25-14-5-3-4-6-15-25/h10-13,17-18H,3-9,14-16H2,1-2H3,(H,24,27)/t17-,18+/m1/s1. The van der Waals surface area contributed by atoms with E-state index in [4.69, 9.17) is 0 Å². The molecule has 1 aromatic rings. The Morgan fingerprint density at radius 2 is 1.55 bits per heavy atom. The Labute approximate surface area is 173 Å². The smallest absolute Gasteiger partial charge is 0.313 e. The highest BCUT2D eigenvalue weighted by molar-refractivity contribution is 6.39. The van der Waals surface area contributed by atoms with Crippen LogP contribution in [0.2, 0.25) is 0 Å². The summed E-state index contributed by atoms with van der Waals surface area (Å²) < 4.78 is 0. The van der Waals surface area contributed by atoms with Gasteiger partial charge in [0.1, 0.15) is 0 Å². The lowest BCUT2D eigenvalue weighted by Crippen LogP contribution is -2.45. The molecule has 2 fully saturated rings. The molecule has 6 nitrogen and oxygen atoms in total. The molecule has 3 amide bonds. The summed E-state index contributed by atoms with van der Waals surface area (Å²) in [5.74, 6) is -0.650. The molecule has 0 unspecified atom stereocenters. The molecule has 0 bridgehead atoms. The molecule has 6 heteroatoms. The van der Waals surface area contributed by atoms with E-state index in [0.29, 0.717) is 23.7 Å². The first-order valence-electron chi connectivity index (χ1n) is 11.0. The summed E-state index contributed by atoms with van der Waals surface area (Å²) in [6.45, 7) is 6.36. The Hall–Kier alpha value is -2.37. The molecule has 2 aliphatic heterocycles. The molecule has 0 saturated carbocycles. The summed E-state index contributed by atoms with van der Waals surface area (Å²) in [6, 6.07) is 6.93. The summed E-state index contributed by atoms with van der Waals surface area (Å²) in [4.78, 5) is 41.5. The molecule has 29 heavy (non-hydrogen) atoms. The molecule has 158 valence electrons. The summed E-state index contributed by atoms with van der Waals surface area (Å²) in [5, 5.41) is 2.70. The van der Waals surface area contributed by atoms with E-state index in [0.717, 1.165) is 45.2 Å². The van der Waals surface area contributed by atoms with Crippen molar-refractivity contribution in [1.82, 2.24) is 9.80 Å². The van der Waals surface area contributed by atoms with Crippen molar-refractivity contribution < 1.29 is 14.4 Å². The number of anilines is 1. The number of hydrogen-bond donors (Lipinski definition) is 1. The maximum atomic E-state index is 12.7. The highest BCUT2D eigenvalue weighted by Gasteiger charge is 2.29. The quantitative estimate of drug-likeness (QED) is 0.772. The third-order valence-electron chi connectivity index (χ3n) is 6.10. The number of nitrogens with one attached hydrogen (secondary N) is 1. The van der Waals surface area contributed by atoms with E-state index in [-0.39, 0.29) is 11.9 Å². The molecule has 0 spiro atoms. The lowest BCUT2D eigenvalue weighted by Gasteiger charge is -2.28. The van der Waals surface area contributed by atoms with Crippen LogP contribution in [0, 0.1) is 5.92 Å². The number of carbonyl (C=O) groups is 3. The van der Waals surface area contributed by atoms with Gasteiger partial charge in [0, 0.05) is 36.9 Å². The first kappa shape index (κ1) is 21.3. The van der Waals surface area contributed by atoms with E-state index in [9.17, 15) is 14.4 Å². The van der Waals surface area contributed by atoms with Gasteiger partial charge >= 0.3 is 11.8 Å². The van der Waals surface area contributed by atoms with Gasteiger partial charge in [0.05, 0.1) is 0 Å². The monoisotopic (exact) mass is 399 g/mol. The summed E-state index contributed by atoms with van der Waals surface area (Å²) >= 11 is 0. The zero-order chi connectivity index (χ0) is 20.8. The molecule has 0 aliphatic carbocycles. The molecule has 2 heterocycles. The minimum Gasteiger partial charge on any atom is -0.339 e. The Balaban J connectivity index is 1.60. The van der Waals surface area contributed by atoms with Crippen LogP contribution in [0.5, 0.6) is 0 Å². The van der Waals surface area contributed by atoms with Gasteiger partial charge in [0.2, 0.25) is 0 Å². The van der Waals surface area contributed by atoms with E-state index < -0.39 is 11.8 Å². The highest BCUT2D eigenvalue weighted by atomic mass is 16.2. The molecule has 0 aromatic heterocycles. The zero-order valence-corrected chi connectivity index (χ0v) is 17.7. The molecular formula is C23H33N3O3. The second kappa shape index (κ2) is 9.90. The number of hydrogen-bond acceptors (Lipinski definition) is 3. The molecule has 2 atom stereocenters. The molecule has 0 radical (unpaired) electrons. The molecule has 1 N–H and O–H groups in total. The highest BCUT2D eigenvalue weighted by Crippen LogP contribution is 2.21. The van der Waals surface area contributed by atoms with Gasteiger partial charge in [-0.15, -0.1) is 0 Å². The topological polar surface area (TPSA) is 69.7 Å². The van der Waals surface area contributed by atoms with Crippen LogP contribution in [0.1, 0.15) is 69.2 Å². The van der Waals surface area contributed by atoms with Crippen molar-refractivity contribution in [2.75, 3.05) is 25.0 Å². The van der Waals surface area contributed by atoms with Crippen LogP contribution in [-0.2, 0) is 9.59 Å². The minimum atomic E-state index is -0.613. The van der Waals surface area contributed by atoms with Crippen molar-refractivity contribution in [3.63, 3.8) is 0 Å². The first-order valence-corrected chi connectivity index (χ1v) is 11.0. The average Bonchev–Trinajstić information content (AvgIpc) is 3.08. The van der Waals surface area contributed by atoms with Gasteiger partial charge in [-0.05, 0) is 62.8 Å². The van der Waals surface area contributed by atoms with Crippen LogP contribution in [0.4, 0.5) is 5.69 Å². The van der Waals surface area contributed by atoms with Crippen LogP contribution < -0.4 is 5.32 Å². The van der Waals surface area contributed by atoms with Crippen molar-refractivity contribution in [3.8, 4) is 0 Å². The second-order valence-corrected chi connectivity index (χ2v) is 8.58. The first-order chi connectivity index (χ1) is 14.0. The lowest BCUT2D eigenvalue weighted by atomic mass is 10.1. The van der Waals surface area contributed by atoms with E-state index in [1.165, 1.54) is 12.8 Å². The Kier molecular flexibility index (Phi) is 7.29. The van der Waals surface area contributed by atoms with Gasteiger partial charge in [0.25, 0.3) is 5.91 Å². The van der Waals surface area contributed by atoms with Crippen molar-refractivity contribution in [2.45, 2.75) is 64.8 Å². The largest absolute Gasteiger partial charge is 0.339 e. The van der Waals surface area contributed by atoms with Crippen molar-refractivity contribution in [2.24, 2.45) is 5.92 Å². The van der Waals surface area contributed by atoms with Crippen LogP contribution in [0.15, 0.2) is 24.3 Å². The molecule has 2 aliphatic rings. The fourth-order valence-corrected chi connectivity index (χ4v) is 4.28. The average molecular weight is 400 g/mol. The third kappa shape index (κ3) is 5.58. The number of nitrogens with zero attached hydrogens (tertiary/aromatic N) is 2. The lowest BCUT2D eigenvalue weighted by molar-refractivity contribution is -0.144. The fraction of sp³-hybridized carbons (Fsp3) is 0.609. The third-order valence-corrected chi connectivity index (χ3v) is 6.10. The number of rotatable bonds is 2. The minimum absolute atomic E-state index is 0.0354. The van der Waals surface area contributed by atoms with E-state index >= 15 is 0 Å². The van der Waals surface area contributed by atoms with Crippen molar-refractivity contribution in [3.05, 3.63) is 29.8 Å². The summed E-state index contributed by atoms with van der Waals surface area (Å²) in [5.41, 5.74) is 1.15. The SMILES string of the molecule is C[C@@H]1CCC[C@H](C)N(C(=O)C(=O)Nc2ccc(C(=O)N3CCCCCC3)cc2)C1. The van der Waals surface area contributed by atoms with E-state index in [2.05, 4.69) is 12.2 Å². The number of benzene rings is 1. The number of carbonyl (C=O) groups excluding carboxylic acids is 3. The molecule has 3 rings (SSSR count). The molecule has 2 saturated heterocycles. The van der Waals surface area contributed by atoms with E-state index in [1.807, 2.05) is 11.8 Å². The zero-order valence-electron chi connectivity index (χ0n) is 17.7. The Morgan fingerprint density at radius 1 is 0.897 bits per heavy atom. The fourth-order valence-electron chi connectivity index (χ4n) is 4.28. The van der Waals surface area contributed by atoms with Crippen LogP contribution in [0.3, 0.4) is 0 Å². The van der Waals surface area contributed by atoms with Gasteiger partial charge < -0.3 is 15.1 Å². The van der Waals surface area contributed by atoms with Crippen molar-refractivity contribution in [1.29, 1.82) is 0 Å². The maximum absolute atomic E-state index is 12.7. The van der Waals surface area contributed by atoms with E-state index in [1.54, 1.807) is 29.2 Å². The van der Waals surface area contributed by atoms with Crippen LogP contribution >= 0.6 is 0 Å². The number of amides is 3. The number of likely N-dealkylation sites (tertiary alicyclic amines) is 2. The predicted molar refractivity (Wildman–Crippen MR) is 114 cm³/mol. The normalized spacial score (nSPS) is 23.1. The summed E-state index contributed by atoms with van der Waals surface area (Å²) in [7, 11) is 0. The maximum Gasteiger partial charge on any atom is 0.313 e. The van der Waals surface area contributed by atoms with Crippen molar-refractivity contribution >= 4 is 23.4 Å². The van der Waals surface area contributed by atoms with Crippen LogP contribution in [-0.4, -0.2) is 53.2 Å². The van der Waals surface area contributed by atoms with Gasteiger partial charge in [-0.25, -0.2) is 0 Å². The van der Waals surface area contributed by atoms with Gasteiger partial charge in [-0.3, -0.25) is 14.4 Å². The Bertz CT molecular complexity index is 723. The van der Waals surface area contributed by atoms with Crippen LogP contribution in [0.25, 0.3) is 0 Å².